The third kappa shape index (κ3) is 3.83. The predicted octanol–water partition coefficient (Wildman–Crippen LogP) is 2.71. The summed E-state index contributed by atoms with van der Waals surface area (Å²) in [6, 6.07) is 16.0. The van der Waals surface area contributed by atoms with Gasteiger partial charge in [-0.2, -0.15) is 0 Å². The maximum Gasteiger partial charge on any atom is 0.226 e. The van der Waals surface area contributed by atoms with Crippen LogP contribution in [0, 0.1) is 5.92 Å². The highest BCUT2D eigenvalue weighted by atomic mass is 16.5. The van der Waals surface area contributed by atoms with E-state index >= 15 is 0 Å². The minimum atomic E-state index is -0.208. The Balaban J connectivity index is 1.49. The fourth-order valence-electron chi connectivity index (χ4n) is 3.96. The summed E-state index contributed by atoms with van der Waals surface area (Å²) >= 11 is 0. The number of ether oxygens (including phenoxy) is 1. The first-order valence-corrected chi connectivity index (χ1v) is 9.94. The van der Waals surface area contributed by atoms with Gasteiger partial charge in [-0.15, -0.1) is 0 Å². The third-order valence-corrected chi connectivity index (χ3v) is 5.40. The number of nitrogens with zero attached hydrogens (tertiary/aromatic N) is 2. The minimum absolute atomic E-state index is 0.00526. The van der Waals surface area contributed by atoms with Crippen LogP contribution in [0.25, 0.3) is 11.0 Å². The molecule has 1 fully saturated rings. The van der Waals surface area contributed by atoms with Gasteiger partial charge >= 0.3 is 0 Å². The fourth-order valence-corrected chi connectivity index (χ4v) is 3.96. The Morgan fingerprint density at radius 2 is 2.00 bits per heavy atom. The number of rotatable bonds is 6. The summed E-state index contributed by atoms with van der Waals surface area (Å²) in [6.45, 7) is 5.23. The molecule has 0 saturated carbocycles. The molecule has 152 valence electrons. The van der Waals surface area contributed by atoms with Gasteiger partial charge < -0.3 is 14.6 Å². The summed E-state index contributed by atoms with van der Waals surface area (Å²) in [5.41, 5.74) is 9.42. The SMILES string of the molecule is COc1ccc(C2NNCC2C(=O)NCc2nc3ccccc3n2C(C)C)cc1. The number of carbonyl (C=O) groups is 1. The smallest absolute Gasteiger partial charge is 0.226 e. The zero-order valence-electron chi connectivity index (χ0n) is 17.0. The van der Waals surface area contributed by atoms with E-state index in [-0.39, 0.29) is 23.9 Å². The predicted molar refractivity (Wildman–Crippen MR) is 112 cm³/mol. The molecule has 3 aromatic rings. The normalized spacial score (nSPS) is 19.0. The van der Waals surface area contributed by atoms with Crippen LogP contribution in [0.2, 0.25) is 0 Å². The Bertz CT molecular complexity index is 996. The number of methoxy groups -OCH3 is 1. The number of para-hydroxylation sites is 2. The fraction of sp³-hybridized carbons (Fsp3) is 0.364. The molecule has 2 aromatic carbocycles. The van der Waals surface area contributed by atoms with E-state index in [1.54, 1.807) is 7.11 Å². The van der Waals surface area contributed by atoms with Crippen molar-refractivity contribution in [3.8, 4) is 5.75 Å². The molecular weight excluding hydrogens is 366 g/mol. The van der Waals surface area contributed by atoms with Gasteiger partial charge in [-0.25, -0.2) is 10.4 Å². The van der Waals surface area contributed by atoms with Crippen molar-refractivity contribution in [3.05, 3.63) is 59.9 Å². The van der Waals surface area contributed by atoms with Gasteiger partial charge in [0.1, 0.15) is 11.6 Å². The number of amides is 1. The average Bonchev–Trinajstić information content (AvgIpc) is 3.36. The number of aromatic nitrogens is 2. The molecule has 4 rings (SSSR count). The van der Waals surface area contributed by atoms with Crippen LogP contribution in [0.5, 0.6) is 5.75 Å². The van der Waals surface area contributed by atoms with Gasteiger partial charge in [0.25, 0.3) is 0 Å². The van der Waals surface area contributed by atoms with Crippen LogP contribution in [0.3, 0.4) is 0 Å². The summed E-state index contributed by atoms with van der Waals surface area (Å²) in [5, 5.41) is 3.09. The number of hydrazine groups is 1. The number of benzene rings is 2. The molecule has 2 unspecified atom stereocenters. The Hall–Kier alpha value is -2.90. The summed E-state index contributed by atoms with van der Waals surface area (Å²) in [5.74, 6) is 1.47. The monoisotopic (exact) mass is 393 g/mol. The van der Waals surface area contributed by atoms with Crippen molar-refractivity contribution in [2.24, 2.45) is 5.92 Å². The number of imidazole rings is 1. The summed E-state index contributed by atoms with van der Waals surface area (Å²) in [6.07, 6.45) is 0. The second-order valence-electron chi connectivity index (χ2n) is 7.58. The van der Waals surface area contributed by atoms with Crippen molar-refractivity contribution in [1.29, 1.82) is 0 Å². The van der Waals surface area contributed by atoms with Gasteiger partial charge in [0, 0.05) is 12.6 Å². The van der Waals surface area contributed by atoms with Crippen molar-refractivity contribution >= 4 is 16.9 Å². The Labute approximate surface area is 170 Å². The standard InChI is InChI=1S/C22H27N5O2/c1-14(2)27-19-7-5-4-6-18(19)25-20(27)13-23-22(28)17-12-24-26-21(17)15-8-10-16(29-3)11-9-15/h4-11,14,17,21,24,26H,12-13H2,1-3H3,(H,23,28). The van der Waals surface area contributed by atoms with Crippen LogP contribution in [0.15, 0.2) is 48.5 Å². The quantitative estimate of drug-likeness (QED) is 0.600. The molecule has 7 heteroatoms. The second kappa shape index (κ2) is 8.23. The van der Waals surface area contributed by atoms with E-state index in [1.807, 2.05) is 42.5 Å². The molecular formula is C22H27N5O2. The molecule has 2 heterocycles. The molecule has 3 N–H and O–H groups in total. The lowest BCUT2D eigenvalue weighted by atomic mass is 9.94. The largest absolute Gasteiger partial charge is 0.497 e. The van der Waals surface area contributed by atoms with E-state index in [4.69, 9.17) is 9.72 Å². The lowest BCUT2D eigenvalue weighted by molar-refractivity contribution is -0.125. The number of hydrogen-bond donors (Lipinski definition) is 3. The molecule has 1 saturated heterocycles. The number of carbonyl (C=O) groups excluding carboxylic acids is 1. The molecule has 1 aliphatic heterocycles. The third-order valence-electron chi connectivity index (χ3n) is 5.40. The van der Waals surface area contributed by atoms with Gasteiger partial charge in [0.15, 0.2) is 0 Å². The zero-order valence-corrected chi connectivity index (χ0v) is 17.0. The van der Waals surface area contributed by atoms with Crippen LogP contribution >= 0.6 is 0 Å². The van der Waals surface area contributed by atoms with Crippen molar-refractivity contribution in [2.45, 2.75) is 32.5 Å². The number of hydrogen-bond acceptors (Lipinski definition) is 5. The zero-order chi connectivity index (χ0) is 20.4. The molecule has 1 aliphatic rings. The lowest BCUT2D eigenvalue weighted by Gasteiger charge is -2.19. The Kier molecular flexibility index (Phi) is 5.51. The highest BCUT2D eigenvalue weighted by molar-refractivity contribution is 5.80. The first-order chi connectivity index (χ1) is 14.1. The van der Waals surface area contributed by atoms with Gasteiger partial charge in [0.05, 0.1) is 36.6 Å². The van der Waals surface area contributed by atoms with E-state index in [0.29, 0.717) is 13.1 Å². The van der Waals surface area contributed by atoms with Crippen molar-refractivity contribution in [3.63, 3.8) is 0 Å². The average molecular weight is 393 g/mol. The number of fused-ring (bicyclic) bond motifs is 1. The Morgan fingerprint density at radius 3 is 2.72 bits per heavy atom. The van der Waals surface area contributed by atoms with Gasteiger partial charge in [0.2, 0.25) is 5.91 Å². The molecule has 0 spiro atoms. The van der Waals surface area contributed by atoms with E-state index in [1.165, 1.54) is 0 Å². The van der Waals surface area contributed by atoms with Crippen molar-refractivity contribution in [1.82, 2.24) is 25.7 Å². The van der Waals surface area contributed by atoms with E-state index in [2.05, 4.69) is 40.6 Å². The summed E-state index contributed by atoms with van der Waals surface area (Å²) < 4.78 is 7.41. The molecule has 0 radical (unpaired) electrons. The van der Waals surface area contributed by atoms with Crippen LogP contribution in [0.1, 0.15) is 37.3 Å². The molecule has 2 atom stereocenters. The van der Waals surface area contributed by atoms with Crippen molar-refractivity contribution < 1.29 is 9.53 Å². The highest BCUT2D eigenvalue weighted by Crippen LogP contribution is 2.27. The minimum Gasteiger partial charge on any atom is -0.497 e. The van der Waals surface area contributed by atoms with Crippen LogP contribution in [-0.2, 0) is 11.3 Å². The maximum absolute atomic E-state index is 13.0. The van der Waals surface area contributed by atoms with Crippen LogP contribution < -0.4 is 20.9 Å². The molecule has 29 heavy (non-hydrogen) atoms. The summed E-state index contributed by atoms with van der Waals surface area (Å²) in [4.78, 5) is 17.7. The Morgan fingerprint density at radius 1 is 1.24 bits per heavy atom. The molecule has 1 aromatic heterocycles. The lowest BCUT2D eigenvalue weighted by Crippen LogP contribution is -2.35. The number of nitrogens with one attached hydrogen (secondary N) is 3. The first kappa shape index (κ1) is 19.4. The van der Waals surface area contributed by atoms with Crippen molar-refractivity contribution in [2.75, 3.05) is 13.7 Å². The topological polar surface area (TPSA) is 80.2 Å². The maximum atomic E-state index is 13.0. The van der Waals surface area contributed by atoms with E-state index in [9.17, 15) is 4.79 Å². The van der Waals surface area contributed by atoms with Crippen LogP contribution in [-0.4, -0.2) is 29.1 Å². The van der Waals surface area contributed by atoms with Crippen LogP contribution in [0.4, 0.5) is 0 Å². The van der Waals surface area contributed by atoms with E-state index in [0.717, 1.165) is 28.2 Å². The molecule has 1 amide bonds. The molecule has 0 aliphatic carbocycles. The van der Waals surface area contributed by atoms with E-state index < -0.39 is 0 Å². The van der Waals surface area contributed by atoms with Gasteiger partial charge in [-0.05, 0) is 43.7 Å². The van der Waals surface area contributed by atoms with Gasteiger partial charge in [-0.1, -0.05) is 24.3 Å². The molecule has 0 bridgehead atoms. The first-order valence-electron chi connectivity index (χ1n) is 9.94. The molecule has 7 nitrogen and oxygen atoms in total. The summed E-state index contributed by atoms with van der Waals surface area (Å²) in [7, 11) is 1.64. The highest BCUT2D eigenvalue weighted by Gasteiger charge is 2.34. The second-order valence-corrected chi connectivity index (χ2v) is 7.58. The van der Waals surface area contributed by atoms with Gasteiger partial charge in [-0.3, -0.25) is 10.2 Å².